The molecule has 0 spiro atoms. The van der Waals surface area contributed by atoms with Crippen molar-refractivity contribution >= 4 is 11.6 Å². The highest BCUT2D eigenvalue weighted by Crippen LogP contribution is 2.09. The van der Waals surface area contributed by atoms with Gasteiger partial charge in [-0.3, -0.25) is 4.79 Å². The van der Waals surface area contributed by atoms with Crippen molar-refractivity contribution in [1.82, 2.24) is 5.32 Å². The molecule has 0 aliphatic heterocycles. The summed E-state index contributed by atoms with van der Waals surface area (Å²) in [6, 6.07) is 13.2. The summed E-state index contributed by atoms with van der Waals surface area (Å²) < 4.78 is 25.9. The average molecular weight is 327 g/mol. The molecule has 4 nitrogen and oxygen atoms in total. The molecule has 0 saturated carbocycles. The first-order valence-corrected chi connectivity index (χ1v) is 7.23. The molecule has 24 heavy (non-hydrogen) atoms. The molecular weight excluding hydrogens is 312 g/mol. The van der Waals surface area contributed by atoms with Gasteiger partial charge in [0.05, 0.1) is 0 Å². The Morgan fingerprint density at radius 1 is 1.12 bits per heavy atom. The van der Waals surface area contributed by atoms with Crippen molar-refractivity contribution < 1.29 is 13.6 Å². The van der Waals surface area contributed by atoms with Crippen molar-refractivity contribution in [3.63, 3.8) is 0 Å². The lowest BCUT2D eigenvalue weighted by Crippen LogP contribution is -2.18. The van der Waals surface area contributed by atoms with E-state index < -0.39 is 11.7 Å². The third kappa shape index (κ3) is 5.21. The Bertz CT molecular complexity index is 780. The van der Waals surface area contributed by atoms with Gasteiger partial charge in [0.1, 0.15) is 23.3 Å². The summed E-state index contributed by atoms with van der Waals surface area (Å²) in [5, 5.41) is 14.4. The predicted molar refractivity (Wildman–Crippen MR) is 86.8 cm³/mol. The smallest absolute Gasteiger partial charge is 0.267 e. The number of hydrogen-bond donors (Lipinski definition) is 2. The highest BCUT2D eigenvalue weighted by molar-refractivity contribution is 6.06. The van der Waals surface area contributed by atoms with Gasteiger partial charge in [0, 0.05) is 18.4 Å². The highest BCUT2D eigenvalue weighted by atomic mass is 19.1. The number of benzene rings is 2. The molecule has 122 valence electrons. The van der Waals surface area contributed by atoms with Gasteiger partial charge in [-0.15, -0.1) is 0 Å². The quantitative estimate of drug-likeness (QED) is 0.487. The second-order valence-corrected chi connectivity index (χ2v) is 4.96. The van der Waals surface area contributed by atoms with Gasteiger partial charge in [-0.1, -0.05) is 12.1 Å². The number of carbonyl (C=O) groups excluding carboxylic acids is 1. The summed E-state index contributed by atoms with van der Waals surface area (Å²) in [5.74, 6) is -1.31. The molecule has 0 atom stereocenters. The summed E-state index contributed by atoms with van der Waals surface area (Å²) >= 11 is 0. The Kier molecular flexibility index (Phi) is 6.03. The van der Waals surface area contributed by atoms with Crippen LogP contribution in [0, 0.1) is 23.0 Å². The second kappa shape index (κ2) is 8.44. The molecule has 2 N–H and O–H groups in total. The van der Waals surface area contributed by atoms with Crippen molar-refractivity contribution in [3.8, 4) is 6.07 Å². The SMILES string of the molecule is N#C/C(=C/NCCc1cccc(F)c1)C(=O)Nc1ccc(F)cc1. The van der Waals surface area contributed by atoms with E-state index in [-0.39, 0.29) is 11.4 Å². The van der Waals surface area contributed by atoms with Gasteiger partial charge in [0.2, 0.25) is 0 Å². The molecule has 0 saturated heterocycles. The monoisotopic (exact) mass is 327 g/mol. The number of nitrogens with zero attached hydrogens (tertiary/aromatic N) is 1. The zero-order chi connectivity index (χ0) is 17.4. The van der Waals surface area contributed by atoms with Crippen molar-refractivity contribution in [2.75, 3.05) is 11.9 Å². The second-order valence-electron chi connectivity index (χ2n) is 4.96. The molecule has 0 aliphatic carbocycles. The molecule has 0 aliphatic rings. The molecule has 0 fully saturated rings. The van der Waals surface area contributed by atoms with Gasteiger partial charge in [-0.25, -0.2) is 8.78 Å². The lowest BCUT2D eigenvalue weighted by molar-refractivity contribution is -0.112. The van der Waals surface area contributed by atoms with E-state index in [9.17, 15) is 13.6 Å². The average Bonchev–Trinajstić information content (AvgIpc) is 2.57. The topological polar surface area (TPSA) is 64.9 Å². The van der Waals surface area contributed by atoms with Crippen molar-refractivity contribution in [1.29, 1.82) is 5.26 Å². The summed E-state index contributed by atoms with van der Waals surface area (Å²) in [5.41, 5.74) is 1.09. The highest BCUT2D eigenvalue weighted by Gasteiger charge is 2.09. The molecule has 2 rings (SSSR count). The number of nitrogens with one attached hydrogen (secondary N) is 2. The van der Waals surface area contributed by atoms with Crippen LogP contribution in [0.1, 0.15) is 5.56 Å². The Labute approximate surface area is 138 Å². The van der Waals surface area contributed by atoms with Crippen LogP contribution in [0.15, 0.2) is 60.3 Å². The lowest BCUT2D eigenvalue weighted by atomic mass is 10.1. The number of anilines is 1. The molecule has 0 bridgehead atoms. The Morgan fingerprint density at radius 2 is 1.88 bits per heavy atom. The van der Waals surface area contributed by atoms with Crippen LogP contribution in [-0.2, 0) is 11.2 Å². The Hall–Kier alpha value is -3.20. The summed E-state index contributed by atoms with van der Waals surface area (Å²) in [4.78, 5) is 12.0. The van der Waals surface area contributed by atoms with Crippen molar-refractivity contribution in [3.05, 3.63) is 77.5 Å². The predicted octanol–water partition coefficient (Wildman–Crippen LogP) is 3.14. The number of rotatable bonds is 6. The van der Waals surface area contributed by atoms with Crippen LogP contribution < -0.4 is 10.6 Å². The van der Waals surface area contributed by atoms with Crippen LogP contribution in [0.3, 0.4) is 0 Å². The van der Waals surface area contributed by atoms with Gasteiger partial charge in [0.25, 0.3) is 5.91 Å². The summed E-state index contributed by atoms with van der Waals surface area (Å²) in [6.07, 6.45) is 1.85. The Balaban J connectivity index is 1.87. The van der Waals surface area contributed by atoms with Crippen LogP contribution in [0.4, 0.5) is 14.5 Å². The van der Waals surface area contributed by atoms with E-state index in [4.69, 9.17) is 5.26 Å². The number of halogens is 2. The van der Waals surface area contributed by atoms with Crippen LogP contribution in [0.5, 0.6) is 0 Å². The van der Waals surface area contributed by atoms with Gasteiger partial charge >= 0.3 is 0 Å². The minimum atomic E-state index is -0.595. The molecule has 1 amide bonds. The molecule has 0 unspecified atom stereocenters. The van der Waals surface area contributed by atoms with E-state index in [1.165, 1.54) is 42.6 Å². The number of hydrogen-bond acceptors (Lipinski definition) is 3. The lowest BCUT2D eigenvalue weighted by Gasteiger charge is -2.05. The first-order chi connectivity index (χ1) is 11.6. The van der Waals surface area contributed by atoms with E-state index in [0.29, 0.717) is 18.7 Å². The normalized spacial score (nSPS) is 10.8. The standard InChI is InChI=1S/C18H15F2N3O/c19-15-4-6-17(7-5-15)23-18(24)14(11-21)12-22-9-8-13-2-1-3-16(20)10-13/h1-7,10,12,22H,8-9H2,(H,23,24)/b14-12-. The third-order valence-electron chi connectivity index (χ3n) is 3.16. The fraction of sp³-hybridized carbons (Fsp3) is 0.111. The first-order valence-electron chi connectivity index (χ1n) is 7.23. The van der Waals surface area contributed by atoms with E-state index >= 15 is 0 Å². The van der Waals surface area contributed by atoms with Crippen LogP contribution >= 0.6 is 0 Å². The number of carbonyl (C=O) groups is 1. The fourth-order valence-electron chi connectivity index (χ4n) is 1.96. The molecule has 0 aromatic heterocycles. The summed E-state index contributed by atoms with van der Waals surface area (Å²) in [6.45, 7) is 0.443. The summed E-state index contributed by atoms with van der Waals surface area (Å²) in [7, 11) is 0. The van der Waals surface area contributed by atoms with E-state index in [1.54, 1.807) is 18.2 Å². The number of nitriles is 1. The zero-order valence-electron chi connectivity index (χ0n) is 12.7. The molecule has 2 aromatic rings. The van der Waals surface area contributed by atoms with Gasteiger partial charge in [-0.05, 0) is 48.4 Å². The molecular formula is C18H15F2N3O. The van der Waals surface area contributed by atoms with E-state index in [2.05, 4.69) is 10.6 Å². The molecule has 0 radical (unpaired) electrons. The minimum Gasteiger partial charge on any atom is -0.389 e. The van der Waals surface area contributed by atoms with Gasteiger partial charge in [0.15, 0.2) is 0 Å². The maximum atomic E-state index is 13.0. The molecule has 6 heteroatoms. The van der Waals surface area contributed by atoms with Crippen molar-refractivity contribution in [2.45, 2.75) is 6.42 Å². The minimum absolute atomic E-state index is 0.112. The zero-order valence-corrected chi connectivity index (χ0v) is 12.7. The van der Waals surface area contributed by atoms with Crippen LogP contribution in [-0.4, -0.2) is 12.5 Å². The van der Waals surface area contributed by atoms with E-state index in [0.717, 1.165) is 5.56 Å². The molecule has 2 aromatic carbocycles. The largest absolute Gasteiger partial charge is 0.389 e. The van der Waals surface area contributed by atoms with Gasteiger partial charge < -0.3 is 10.6 Å². The third-order valence-corrected chi connectivity index (χ3v) is 3.16. The van der Waals surface area contributed by atoms with E-state index in [1.807, 2.05) is 0 Å². The maximum absolute atomic E-state index is 13.0. The molecule has 0 heterocycles. The van der Waals surface area contributed by atoms with Gasteiger partial charge in [-0.2, -0.15) is 5.26 Å². The van der Waals surface area contributed by atoms with Crippen LogP contribution in [0.2, 0.25) is 0 Å². The maximum Gasteiger partial charge on any atom is 0.267 e. The first kappa shape index (κ1) is 17.2. The number of amides is 1. The Morgan fingerprint density at radius 3 is 2.54 bits per heavy atom. The van der Waals surface area contributed by atoms with Crippen LogP contribution in [0.25, 0.3) is 0 Å². The van der Waals surface area contributed by atoms with Crippen molar-refractivity contribution in [2.24, 2.45) is 0 Å². The fourth-order valence-corrected chi connectivity index (χ4v) is 1.96.